The second kappa shape index (κ2) is 13.3. The summed E-state index contributed by atoms with van der Waals surface area (Å²) < 4.78 is 23.7. The van der Waals surface area contributed by atoms with Crippen LogP contribution in [-0.4, -0.2) is 105 Å². The summed E-state index contributed by atoms with van der Waals surface area (Å²) in [4.78, 5) is 12.4. The van der Waals surface area contributed by atoms with Crippen molar-refractivity contribution in [1.29, 1.82) is 0 Å². The Bertz CT molecular complexity index is 793. The molecule has 0 spiro atoms. The van der Waals surface area contributed by atoms with Gasteiger partial charge in [0.25, 0.3) is 0 Å². The maximum atomic E-state index is 12.4. The van der Waals surface area contributed by atoms with Crippen molar-refractivity contribution in [2.45, 2.75) is 141 Å². The molecule has 39 heavy (non-hydrogen) atoms. The highest BCUT2D eigenvalue weighted by molar-refractivity contribution is 5.68. The molecule has 14 unspecified atom stereocenters. The summed E-state index contributed by atoms with van der Waals surface area (Å²) in [6.45, 7) is 12.6. The quantitative estimate of drug-likeness (QED) is 0.267. The molecule has 0 radical (unpaired) electrons. The lowest BCUT2D eigenvalue weighted by atomic mass is 9.65. The smallest absolute Gasteiger partial charge is 0.408 e. The molecule has 228 valence electrons. The lowest BCUT2D eigenvalue weighted by molar-refractivity contribution is -0.315. The summed E-state index contributed by atoms with van der Waals surface area (Å²) in [5, 5.41) is 56.4. The fraction of sp³-hybridized carbons (Fsp3) is 0.964. The standard InChI is InChI=1S/C28H51NO10/c1-8-15-10-13(3)19(24-14(4)11-16(31)17(9-2)36-24)22(33)25(15)38-26-23(34)20(21(32)18(12-30)37-26)29-27(35)39-28(5,6)7/h13-26,30-34H,8-12H2,1-7H3,(H,29,35). The normalized spacial score (nSPS) is 45.5. The van der Waals surface area contributed by atoms with Gasteiger partial charge in [-0.3, -0.25) is 0 Å². The number of aliphatic hydroxyl groups excluding tert-OH is 5. The Kier molecular flexibility index (Phi) is 11.1. The Hall–Kier alpha value is -1.05. The van der Waals surface area contributed by atoms with Crippen LogP contribution in [0.1, 0.15) is 74.1 Å². The molecule has 0 bridgehead atoms. The minimum Gasteiger partial charge on any atom is -0.444 e. The summed E-state index contributed by atoms with van der Waals surface area (Å²) in [5.41, 5.74) is -0.797. The van der Waals surface area contributed by atoms with Crippen molar-refractivity contribution in [1.82, 2.24) is 5.32 Å². The van der Waals surface area contributed by atoms with Crippen molar-refractivity contribution < 1.29 is 49.3 Å². The van der Waals surface area contributed by atoms with Gasteiger partial charge in [0.2, 0.25) is 0 Å². The Morgan fingerprint density at radius 3 is 2.15 bits per heavy atom. The third-order valence-electron chi connectivity index (χ3n) is 8.63. The molecule has 1 amide bonds. The van der Waals surface area contributed by atoms with Crippen LogP contribution in [0.25, 0.3) is 0 Å². The number of carbonyl (C=O) groups excluding carboxylic acids is 1. The van der Waals surface area contributed by atoms with Gasteiger partial charge in [-0.15, -0.1) is 0 Å². The first-order chi connectivity index (χ1) is 18.2. The van der Waals surface area contributed by atoms with Crippen LogP contribution in [0.4, 0.5) is 4.79 Å². The average molecular weight is 562 g/mol. The molecule has 0 aromatic carbocycles. The first-order valence-corrected chi connectivity index (χ1v) is 14.5. The molecule has 1 aliphatic carbocycles. The van der Waals surface area contributed by atoms with Crippen LogP contribution in [0, 0.1) is 23.7 Å². The SMILES string of the molecule is CCC1CC(C)C(C2OC(CC)C(O)CC2C)C(O)C1OC1OC(CO)C(O)C(NC(=O)OC(C)(C)C)C1O. The van der Waals surface area contributed by atoms with E-state index < -0.39 is 67.3 Å². The number of rotatable bonds is 7. The van der Waals surface area contributed by atoms with Crippen LogP contribution < -0.4 is 5.32 Å². The predicted molar refractivity (Wildman–Crippen MR) is 142 cm³/mol. The largest absolute Gasteiger partial charge is 0.444 e. The van der Waals surface area contributed by atoms with E-state index in [1.807, 2.05) is 20.8 Å². The van der Waals surface area contributed by atoms with E-state index in [0.29, 0.717) is 19.3 Å². The molecule has 6 N–H and O–H groups in total. The molecule has 14 atom stereocenters. The molecule has 11 nitrogen and oxygen atoms in total. The number of hydrogen-bond acceptors (Lipinski definition) is 10. The van der Waals surface area contributed by atoms with Gasteiger partial charge in [-0.2, -0.15) is 0 Å². The maximum absolute atomic E-state index is 12.4. The molecule has 0 aromatic rings. The van der Waals surface area contributed by atoms with Crippen LogP contribution in [0.3, 0.4) is 0 Å². The lowest BCUT2D eigenvalue weighted by Crippen LogP contribution is -2.66. The van der Waals surface area contributed by atoms with Crippen LogP contribution in [0.15, 0.2) is 0 Å². The average Bonchev–Trinajstić information content (AvgIpc) is 2.84. The van der Waals surface area contributed by atoms with Crippen molar-refractivity contribution in [3.05, 3.63) is 0 Å². The summed E-state index contributed by atoms with van der Waals surface area (Å²) in [6.07, 6.45) is -6.31. The zero-order chi connectivity index (χ0) is 29.2. The van der Waals surface area contributed by atoms with Gasteiger partial charge in [0.15, 0.2) is 6.29 Å². The topological polar surface area (TPSA) is 167 Å². The van der Waals surface area contributed by atoms with Gasteiger partial charge in [-0.25, -0.2) is 4.79 Å². The molecule has 2 saturated heterocycles. The first kappa shape index (κ1) is 32.5. The zero-order valence-electron chi connectivity index (χ0n) is 24.4. The number of nitrogens with one attached hydrogen (secondary N) is 1. The molecule has 2 aliphatic heterocycles. The number of carbonyl (C=O) groups is 1. The van der Waals surface area contributed by atoms with Crippen LogP contribution in [0.5, 0.6) is 0 Å². The summed E-state index contributed by atoms with van der Waals surface area (Å²) >= 11 is 0. The minimum absolute atomic E-state index is 0.0246. The number of hydrogen-bond donors (Lipinski definition) is 6. The molecule has 3 fully saturated rings. The van der Waals surface area contributed by atoms with Crippen molar-refractivity contribution in [3.63, 3.8) is 0 Å². The van der Waals surface area contributed by atoms with Crippen molar-refractivity contribution in [3.8, 4) is 0 Å². The third kappa shape index (κ3) is 7.43. The Morgan fingerprint density at radius 2 is 1.59 bits per heavy atom. The van der Waals surface area contributed by atoms with Crippen molar-refractivity contribution >= 4 is 6.09 Å². The third-order valence-corrected chi connectivity index (χ3v) is 8.63. The van der Waals surface area contributed by atoms with Crippen LogP contribution >= 0.6 is 0 Å². The second-order valence-electron chi connectivity index (χ2n) is 12.8. The summed E-state index contributed by atoms with van der Waals surface area (Å²) in [7, 11) is 0. The maximum Gasteiger partial charge on any atom is 0.408 e. The van der Waals surface area contributed by atoms with E-state index in [0.717, 1.165) is 6.42 Å². The zero-order valence-corrected chi connectivity index (χ0v) is 24.4. The number of aliphatic hydroxyl groups is 5. The van der Waals surface area contributed by atoms with E-state index in [1.54, 1.807) is 20.8 Å². The van der Waals surface area contributed by atoms with Gasteiger partial charge in [-0.1, -0.05) is 34.1 Å². The van der Waals surface area contributed by atoms with Crippen LogP contribution in [-0.2, 0) is 18.9 Å². The molecule has 11 heteroatoms. The lowest BCUT2D eigenvalue weighted by Gasteiger charge is -2.52. The van der Waals surface area contributed by atoms with Gasteiger partial charge in [-0.05, 0) is 57.8 Å². The first-order valence-electron chi connectivity index (χ1n) is 14.5. The van der Waals surface area contributed by atoms with Crippen molar-refractivity contribution in [2.24, 2.45) is 23.7 Å². The van der Waals surface area contributed by atoms with Gasteiger partial charge in [0, 0.05) is 5.92 Å². The van der Waals surface area contributed by atoms with Gasteiger partial charge in [0.1, 0.15) is 23.9 Å². The van der Waals surface area contributed by atoms with Crippen molar-refractivity contribution in [2.75, 3.05) is 6.61 Å². The molecular formula is C28H51NO10. The van der Waals surface area contributed by atoms with E-state index in [4.69, 9.17) is 18.9 Å². The van der Waals surface area contributed by atoms with E-state index >= 15 is 0 Å². The highest BCUT2D eigenvalue weighted by Gasteiger charge is 2.53. The number of alkyl carbamates (subject to hydrolysis) is 1. The fourth-order valence-electron chi connectivity index (χ4n) is 6.61. The molecule has 0 aromatic heterocycles. The Morgan fingerprint density at radius 1 is 0.923 bits per heavy atom. The van der Waals surface area contributed by atoms with E-state index in [9.17, 15) is 30.3 Å². The second-order valence-corrected chi connectivity index (χ2v) is 12.8. The Balaban J connectivity index is 1.82. The van der Waals surface area contributed by atoms with E-state index in [-0.39, 0.29) is 35.9 Å². The van der Waals surface area contributed by atoms with E-state index in [1.165, 1.54) is 0 Å². The number of ether oxygens (including phenoxy) is 4. The Labute approximate surface area is 232 Å². The number of amides is 1. The van der Waals surface area contributed by atoms with Gasteiger partial charge in [0.05, 0.1) is 43.2 Å². The summed E-state index contributed by atoms with van der Waals surface area (Å²) in [6, 6.07) is -1.24. The molecule has 1 saturated carbocycles. The molecule has 3 rings (SSSR count). The molecular weight excluding hydrogens is 510 g/mol. The molecule has 3 aliphatic rings. The highest BCUT2D eigenvalue weighted by atomic mass is 16.7. The van der Waals surface area contributed by atoms with Gasteiger partial charge < -0.3 is 49.8 Å². The molecule has 2 heterocycles. The monoisotopic (exact) mass is 561 g/mol. The fourth-order valence-corrected chi connectivity index (χ4v) is 6.61. The van der Waals surface area contributed by atoms with Crippen LogP contribution in [0.2, 0.25) is 0 Å². The van der Waals surface area contributed by atoms with E-state index in [2.05, 4.69) is 12.2 Å². The minimum atomic E-state index is -1.50. The summed E-state index contributed by atoms with van der Waals surface area (Å²) in [5.74, 6) is -0.178. The predicted octanol–water partition coefficient (Wildman–Crippen LogP) is 1.31. The highest BCUT2D eigenvalue weighted by Crippen LogP contribution is 2.45. The van der Waals surface area contributed by atoms with Gasteiger partial charge >= 0.3 is 6.09 Å².